The smallest absolute Gasteiger partial charge is 0.357 e. The van der Waals surface area contributed by atoms with Crippen LogP contribution < -0.4 is 15.5 Å². The first-order valence-electron chi connectivity index (χ1n) is 9.20. The third kappa shape index (κ3) is 5.72. The quantitative estimate of drug-likeness (QED) is 0.539. The number of pyridine rings is 1. The molecular formula is C18H22ClF3N6S. The molecule has 1 fully saturated rings. The second kappa shape index (κ2) is 9.17. The van der Waals surface area contributed by atoms with Crippen molar-refractivity contribution in [1.82, 2.24) is 20.6 Å². The van der Waals surface area contributed by atoms with Crippen molar-refractivity contribution >= 4 is 34.7 Å². The number of hydrogen-bond acceptors (Lipinski definition) is 5. The number of halogens is 4. The summed E-state index contributed by atoms with van der Waals surface area (Å²) < 4.78 is 38.4. The second-order valence-electron chi connectivity index (χ2n) is 6.66. The highest BCUT2D eigenvalue weighted by Gasteiger charge is 2.33. The van der Waals surface area contributed by atoms with Gasteiger partial charge in [0.15, 0.2) is 5.96 Å². The summed E-state index contributed by atoms with van der Waals surface area (Å²) in [7, 11) is 0. The molecule has 11 heteroatoms. The van der Waals surface area contributed by atoms with Crippen molar-refractivity contribution in [2.24, 2.45) is 4.99 Å². The van der Waals surface area contributed by atoms with E-state index in [1.165, 1.54) is 0 Å². The van der Waals surface area contributed by atoms with Crippen LogP contribution in [-0.2, 0) is 12.7 Å². The predicted molar refractivity (Wildman–Crippen MR) is 110 cm³/mol. The molecule has 3 rings (SSSR count). The lowest BCUT2D eigenvalue weighted by molar-refractivity contribution is -0.137. The van der Waals surface area contributed by atoms with Crippen LogP contribution in [0.5, 0.6) is 0 Å². The molecule has 0 amide bonds. The van der Waals surface area contributed by atoms with E-state index in [9.17, 15) is 13.2 Å². The number of rotatable bonds is 5. The van der Waals surface area contributed by atoms with Crippen LogP contribution in [0, 0.1) is 6.92 Å². The lowest BCUT2D eigenvalue weighted by atomic mass is 10.2. The van der Waals surface area contributed by atoms with Crippen LogP contribution in [0.4, 0.5) is 19.0 Å². The molecule has 1 saturated heterocycles. The minimum atomic E-state index is -4.46. The minimum Gasteiger partial charge on any atom is -0.357 e. The van der Waals surface area contributed by atoms with E-state index in [0.717, 1.165) is 28.6 Å². The summed E-state index contributed by atoms with van der Waals surface area (Å²) in [4.78, 5) is 15.9. The molecule has 6 nitrogen and oxygen atoms in total. The molecule has 0 bridgehead atoms. The Labute approximate surface area is 176 Å². The van der Waals surface area contributed by atoms with Gasteiger partial charge in [-0.3, -0.25) is 0 Å². The molecular weight excluding hydrogens is 425 g/mol. The highest BCUT2D eigenvalue weighted by Crippen LogP contribution is 2.34. The Morgan fingerprint density at radius 2 is 2.17 bits per heavy atom. The highest BCUT2D eigenvalue weighted by molar-refractivity contribution is 7.11. The number of anilines is 1. The molecule has 158 valence electrons. The van der Waals surface area contributed by atoms with Gasteiger partial charge in [0.05, 0.1) is 17.1 Å². The van der Waals surface area contributed by atoms with Crippen molar-refractivity contribution in [2.45, 2.75) is 39.0 Å². The number of hydrogen-bond donors (Lipinski definition) is 2. The number of guanidine groups is 1. The molecule has 1 aliphatic rings. The molecule has 1 atom stereocenters. The molecule has 0 spiro atoms. The molecule has 2 aromatic rings. The number of aryl methyl sites for hydroxylation is 1. The first-order chi connectivity index (χ1) is 13.8. The van der Waals surface area contributed by atoms with Crippen molar-refractivity contribution in [3.05, 3.63) is 38.9 Å². The van der Waals surface area contributed by atoms with Gasteiger partial charge >= 0.3 is 6.18 Å². The zero-order chi connectivity index (χ0) is 21.0. The van der Waals surface area contributed by atoms with Crippen LogP contribution in [0.1, 0.15) is 28.8 Å². The summed E-state index contributed by atoms with van der Waals surface area (Å²) >= 11 is 7.68. The van der Waals surface area contributed by atoms with E-state index in [4.69, 9.17) is 11.6 Å². The maximum absolute atomic E-state index is 12.8. The third-order valence-electron chi connectivity index (χ3n) is 4.36. The van der Waals surface area contributed by atoms with Crippen LogP contribution in [0.2, 0.25) is 5.02 Å². The van der Waals surface area contributed by atoms with E-state index in [1.807, 2.05) is 24.9 Å². The Hall–Kier alpha value is -2.07. The van der Waals surface area contributed by atoms with Crippen molar-refractivity contribution in [3.8, 4) is 0 Å². The van der Waals surface area contributed by atoms with Crippen LogP contribution >= 0.6 is 22.9 Å². The van der Waals surface area contributed by atoms with Crippen LogP contribution in [0.15, 0.2) is 23.5 Å². The zero-order valence-electron chi connectivity index (χ0n) is 16.1. The second-order valence-corrected chi connectivity index (χ2v) is 8.39. The van der Waals surface area contributed by atoms with E-state index in [0.29, 0.717) is 38.0 Å². The lowest BCUT2D eigenvalue weighted by Crippen LogP contribution is -2.44. The molecule has 1 unspecified atom stereocenters. The summed E-state index contributed by atoms with van der Waals surface area (Å²) in [5, 5.41) is 7.52. The molecule has 0 saturated carbocycles. The monoisotopic (exact) mass is 446 g/mol. The van der Waals surface area contributed by atoms with Gasteiger partial charge in [0.25, 0.3) is 0 Å². The topological polar surface area (TPSA) is 65.4 Å². The largest absolute Gasteiger partial charge is 0.417 e. The maximum Gasteiger partial charge on any atom is 0.417 e. The fraction of sp³-hybridized carbons (Fsp3) is 0.500. The zero-order valence-corrected chi connectivity index (χ0v) is 17.6. The van der Waals surface area contributed by atoms with Crippen molar-refractivity contribution < 1.29 is 13.2 Å². The first kappa shape index (κ1) is 21.6. The number of alkyl halides is 3. The lowest BCUT2D eigenvalue weighted by Gasteiger charge is -2.21. The van der Waals surface area contributed by atoms with Gasteiger partial charge in [-0.15, -0.1) is 11.3 Å². The molecule has 0 aliphatic carbocycles. The van der Waals surface area contributed by atoms with Gasteiger partial charge in [-0.2, -0.15) is 13.2 Å². The summed E-state index contributed by atoms with van der Waals surface area (Å²) in [5.74, 6) is 1.04. The number of aliphatic imine (C=N–C) groups is 1. The van der Waals surface area contributed by atoms with Crippen LogP contribution in [0.25, 0.3) is 0 Å². The molecule has 3 heterocycles. The Morgan fingerprint density at radius 3 is 2.79 bits per heavy atom. The third-order valence-corrected chi connectivity index (χ3v) is 5.54. The predicted octanol–water partition coefficient (Wildman–Crippen LogP) is 3.85. The van der Waals surface area contributed by atoms with Crippen LogP contribution in [0.3, 0.4) is 0 Å². The Morgan fingerprint density at radius 1 is 1.38 bits per heavy atom. The summed E-state index contributed by atoms with van der Waals surface area (Å²) in [5.41, 5.74) is -0.848. The van der Waals surface area contributed by atoms with Crippen molar-refractivity contribution in [1.29, 1.82) is 0 Å². The van der Waals surface area contributed by atoms with Gasteiger partial charge in [-0.05, 0) is 26.3 Å². The molecule has 29 heavy (non-hydrogen) atoms. The Kier molecular flexibility index (Phi) is 6.84. The molecule has 1 aliphatic heterocycles. The van der Waals surface area contributed by atoms with E-state index in [2.05, 4.69) is 25.6 Å². The summed E-state index contributed by atoms with van der Waals surface area (Å²) in [6, 6.07) is 0.998. The summed E-state index contributed by atoms with van der Waals surface area (Å²) in [6.45, 7) is 6.39. The number of aromatic nitrogens is 2. The first-order valence-corrected chi connectivity index (χ1v) is 10.4. The number of nitrogens with one attached hydrogen (secondary N) is 2. The van der Waals surface area contributed by atoms with E-state index in [1.54, 1.807) is 11.3 Å². The van der Waals surface area contributed by atoms with Gasteiger partial charge < -0.3 is 15.5 Å². The van der Waals surface area contributed by atoms with E-state index >= 15 is 0 Å². The average Bonchev–Trinajstić information content (AvgIpc) is 3.28. The normalized spacial score (nSPS) is 17.7. The average molecular weight is 447 g/mol. The molecule has 2 aromatic heterocycles. The van der Waals surface area contributed by atoms with Gasteiger partial charge in [0, 0.05) is 42.9 Å². The SMILES string of the molecule is CCNC(=NCc1ncc(C)s1)NC1CCN(c2ncc(C(F)(F)F)cc2Cl)C1. The van der Waals surface area contributed by atoms with Gasteiger partial charge in [-0.1, -0.05) is 11.6 Å². The van der Waals surface area contributed by atoms with Gasteiger partial charge in [0.2, 0.25) is 0 Å². The van der Waals surface area contributed by atoms with Crippen LogP contribution in [-0.4, -0.2) is 41.6 Å². The van der Waals surface area contributed by atoms with Crippen molar-refractivity contribution in [3.63, 3.8) is 0 Å². The fourth-order valence-electron chi connectivity index (χ4n) is 3.02. The number of thiazole rings is 1. The van der Waals surface area contributed by atoms with Crippen molar-refractivity contribution in [2.75, 3.05) is 24.5 Å². The Bertz CT molecular complexity index is 870. The molecule has 2 N–H and O–H groups in total. The van der Waals surface area contributed by atoms with E-state index < -0.39 is 11.7 Å². The maximum atomic E-state index is 12.8. The van der Waals surface area contributed by atoms with Gasteiger partial charge in [0.1, 0.15) is 10.8 Å². The van der Waals surface area contributed by atoms with Gasteiger partial charge in [-0.25, -0.2) is 15.0 Å². The fourth-order valence-corrected chi connectivity index (χ4v) is 4.02. The molecule has 0 radical (unpaired) electrons. The number of nitrogens with zero attached hydrogens (tertiary/aromatic N) is 4. The Balaban J connectivity index is 1.63. The van der Waals surface area contributed by atoms with E-state index in [-0.39, 0.29) is 11.1 Å². The standard InChI is InChI=1S/C18H22ClF3N6S/c1-3-23-17(26-9-15-24-7-11(2)29-15)27-13-4-5-28(10-13)16-14(19)6-12(8-25-16)18(20,21)22/h6-8,13H,3-5,9-10H2,1-2H3,(H2,23,26,27). The minimum absolute atomic E-state index is 0.000174. The summed E-state index contributed by atoms with van der Waals surface area (Å²) in [6.07, 6.45) is -1.02. The molecule has 0 aromatic carbocycles. The highest BCUT2D eigenvalue weighted by atomic mass is 35.5.